The number of nitrogens with two attached hydrogens (primary N) is 1. The summed E-state index contributed by atoms with van der Waals surface area (Å²) in [6.07, 6.45) is 5.59. The first-order chi connectivity index (χ1) is 11.6. The Balaban J connectivity index is 1.49. The minimum Gasteiger partial charge on any atom is -0.396 e. The summed E-state index contributed by atoms with van der Waals surface area (Å²) in [5.74, 6) is 1.47. The number of hydrogen-bond acceptors (Lipinski definition) is 3. The zero-order valence-corrected chi connectivity index (χ0v) is 14.5. The Bertz CT molecular complexity index is 532. The van der Waals surface area contributed by atoms with Crippen LogP contribution in [0.4, 0.5) is 0 Å². The van der Waals surface area contributed by atoms with E-state index in [1.165, 1.54) is 5.56 Å². The summed E-state index contributed by atoms with van der Waals surface area (Å²) in [5.41, 5.74) is 6.86. The normalized spacial score (nSPS) is 26.0. The molecule has 2 aliphatic rings. The Morgan fingerprint density at radius 1 is 1.17 bits per heavy atom. The zero-order valence-electron chi connectivity index (χ0n) is 14.5. The van der Waals surface area contributed by atoms with E-state index < -0.39 is 0 Å². The van der Waals surface area contributed by atoms with Crippen LogP contribution in [-0.4, -0.2) is 42.2 Å². The maximum atomic E-state index is 12.5. The smallest absolute Gasteiger partial charge is 0.222 e. The molecule has 1 heterocycles. The SMILES string of the molecule is NCC1CC(CC(=O)N2CCC(CO)(Cc3ccccc3)CC2)C1. The molecule has 0 aromatic heterocycles. The second-order valence-corrected chi connectivity index (χ2v) is 7.84. The zero-order chi connectivity index (χ0) is 17.0. The van der Waals surface area contributed by atoms with Gasteiger partial charge in [0.2, 0.25) is 5.91 Å². The van der Waals surface area contributed by atoms with E-state index in [-0.39, 0.29) is 12.0 Å². The molecule has 3 N–H and O–H groups in total. The number of aliphatic hydroxyl groups is 1. The van der Waals surface area contributed by atoms with Gasteiger partial charge in [0.05, 0.1) is 0 Å². The van der Waals surface area contributed by atoms with Crippen molar-refractivity contribution in [3.05, 3.63) is 35.9 Å². The second kappa shape index (κ2) is 7.66. The molecule has 132 valence electrons. The number of hydrogen-bond donors (Lipinski definition) is 2. The third kappa shape index (κ3) is 3.98. The molecule has 0 spiro atoms. The first-order valence-electron chi connectivity index (χ1n) is 9.27. The van der Waals surface area contributed by atoms with Gasteiger partial charge in [-0.2, -0.15) is 0 Å². The minimum atomic E-state index is -0.0702. The molecule has 0 atom stereocenters. The van der Waals surface area contributed by atoms with Crippen LogP contribution in [0.15, 0.2) is 30.3 Å². The Hall–Kier alpha value is -1.39. The third-order valence-corrected chi connectivity index (χ3v) is 6.06. The van der Waals surface area contributed by atoms with Gasteiger partial charge in [0, 0.05) is 31.5 Å². The van der Waals surface area contributed by atoms with Gasteiger partial charge in [-0.15, -0.1) is 0 Å². The molecule has 24 heavy (non-hydrogen) atoms. The van der Waals surface area contributed by atoms with Crippen molar-refractivity contribution in [2.75, 3.05) is 26.2 Å². The number of amides is 1. The van der Waals surface area contributed by atoms with Gasteiger partial charge in [-0.25, -0.2) is 0 Å². The Morgan fingerprint density at radius 3 is 2.42 bits per heavy atom. The molecule has 3 rings (SSSR count). The molecule has 1 saturated carbocycles. The number of rotatable bonds is 6. The molecule has 1 saturated heterocycles. The summed E-state index contributed by atoms with van der Waals surface area (Å²) in [4.78, 5) is 14.5. The van der Waals surface area contributed by atoms with Gasteiger partial charge in [0.1, 0.15) is 0 Å². The van der Waals surface area contributed by atoms with Crippen LogP contribution >= 0.6 is 0 Å². The fraction of sp³-hybridized carbons (Fsp3) is 0.650. The van der Waals surface area contributed by atoms with Gasteiger partial charge in [-0.1, -0.05) is 30.3 Å². The van der Waals surface area contributed by atoms with Crippen LogP contribution in [0.25, 0.3) is 0 Å². The van der Waals surface area contributed by atoms with E-state index in [1.54, 1.807) is 0 Å². The molecule has 1 aromatic rings. The molecule has 1 amide bonds. The van der Waals surface area contributed by atoms with Crippen LogP contribution in [0.3, 0.4) is 0 Å². The topological polar surface area (TPSA) is 66.6 Å². The molecule has 0 bridgehead atoms. The molecule has 1 aromatic carbocycles. The Labute approximate surface area is 145 Å². The van der Waals surface area contributed by atoms with E-state index in [4.69, 9.17) is 5.73 Å². The van der Waals surface area contributed by atoms with Crippen LogP contribution in [0.2, 0.25) is 0 Å². The monoisotopic (exact) mass is 330 g/mol. The summed E-state index contributed by atoms with van der Waals surface area (Å²) in [6.45, 7) is 2.51. The van der Waals surface area contributed by atoms with Gasteiger partial charge < -0.3 is 15.7 Å². The molecule has 2 fully saturated rings. The number of aliphatic hydroxyl groups excluding tert-OH is 1. The van der Waals surface area contributed by atoms with Crippen molar-refractivity contribution in [2.24, 2.45) is 23.0 Å². The third-order valence-electron chi connectivity index (χ3n) is 6.06. The van der Waals surface area contributed by atoms with Crippen LogP contribution in [0.5, 0.6) is 0 Å². The highest BCUT2D eigenvalue weighted by Gasteiger charge is 2.37. The van der Waals surface area contributed by atoms with Crippen molar-refractivity contribution in [3.8, 4) is 0 Å². The van der Waals surface area contributed by atoms with Crippen molar-refractivity contribution >= 4 is 5.91 Å². The fourth-order valence-corrected chi connectivity index (χ4v) is 4.26. The summed E-state index contributed by atoms with van der Waals surface area (Å²) < 4.78 is 0. The molecule has 4 heteroatoms. The van der Waals surface area contributed by atoms with Gasteiger partial charge in [-0.05, 0) is 56.0 Å². The maximum absolute atomic E-state index is 12.5. The van der Waals surface area contributed by atoms with Crippen molar-refractivity contribution in [1.82, 2.24) is 4.90 Å². The number of carbonyl (C=O) groups is 1. The summed E-state index contributed by atoms with van der Waals surface area (Å²) >= 11 is 0. The highest BCUT2D eigenvalue weighted by Crippen LogP contribution is 2.38. The number of carbonyl (C=O) groups excluding carboxylic acids is 1. The lowest BCUT2D eigenvalue weighted by molar-refractivity contribution is -0.136. The fourth-order valence-electron chi connectivity index (χ4n) is 4.26. The lowest BCUT2D eigenvalue weighted by Gasteiger charge is -2.42. The van der Waals surface area contributed by atoms with Gasteiger partial charge in [0.15, 0.2) is 0 Å². The van der Waals surface area contributed by atoms with Crippen LogP contribution < -0.4 is 5.73 Å². The molecule has 1 aliphatic heterocycles. The van der Waals surface area contributed by atoms with E-state index >= 15 is 0 Å². The molecule has 4 nitrogen and oxygen atoms in total. The minimum absolute atomic E-state index is 0.0702. The first-order valence-corrected chi connectivity index (χ1v) is 9.27. The summed E-state index contributed by atoms with van der Waals surface area (Å²) in [5, 5.41) is 9.96. The summed E-state index contributed by atoms with van der Waals surface area (Å²) in [7, 11) is 0. The first kappa shape index (κ1) is 17.4. The van der Waals surface area contributed by atoms with E-state index in [2.05, 4.69) is 12.1 Å². The van der Waals surface area contributed by atoms with Gasteiger partial charge >= 0.3 is 0 Å². The highest BCUT2D eigenvalue weighted by atomic mass is 16.3. The largest absolute Gasteiger partial charge is 0.396 e. The van der Waals surface area contributed by atoms with E-state index in [1.807, 2.05) is 23.1 Å². The lowest BCUT2D eigenvalue weighted by Crippen LogP contribution is -2.46. The van der Waals surface area contributed by atoms with E-state index in [0.29, 0.717) is 24.2 Å². The van der Waals surface area contributed by atoms with Gasteiger partial charge in [-0.3, -0.25) is 4.79 Å². The number of benzene rings is 1. The van der Waals surface area contributed by atoms with Crippen molar-refractivity contribution in [2.45, 2.75) is 38.5 Å². The number of nitrogens with zero attached hydrogens (tertiary/aromatic N) is 1. The molecule has 1 aliphatic carbocycles. The lowest BCUT2D eigenvalue weighted by atomic mass is 9.72. The second-order valence-electron chi connectivity index (χ2n) is 7.84. The maximum Gasteiger partial charge on any atom is 0.222 e. The Kier molecular flexibility index (Phi) is 5.57. The van der Waals surface area contributed by atoms with E-state index in [0.717, 1.165) is 51.7 Å². The summed E-state index contributed by atoms with van der Waals surface area (Å²) in [6, 6.07) is 10.4. The molecular weight excluding hydrogens is 300 g/mol. The predicted octanol–water partition coefficient (Wildman–Crippen LogP) is 2.21. The molecule has 0 radical (unpaired) electrons. The van der Waals surface area contributed by atoms with Crippen molar-refractivity contribution in [3.63, 3.8) is 0 Å². The standard InChI is InChI=1S/C20H30N2O2/c21-14-18-10-17(11-18)12-19(24)22-8-6-20(15-23,7-9-22)13-16-4-2-1-3-5-16/h1-5,17-18,23H,6-15,21H2. The van der Waals surface area contributed by atoms with Crippen molar-refractivity contribution < 1.29 is 9.90 Å². The molecular formula is C20H30N2O2. The number of likely N-dealkylation sites (tertiary alicyclic amines) is 1. The van der Waals surface area contributed by atoms with Crippen LogP contribution in [-0.2, 0) is 11.2 Å². The van der Waals surface area contributed by atoms with Gasteiger partial charge in [0.25, 0.3) is 0 Å². The molecule has 0 unspecified atom stereocenters. The van der Waals surface area contributed by atoms with Crippen LogP contribution in [0.1, 0.15) is 37.7 Å². The predicted molar refractivity (Wildman–Crippen MR) is 95.4 cm³/mol. The number of piperidine rings is 1. The highest BCUT2D eigenvalue weighted by molar-refractivity contribution is 5.76. The van der Waals surface area contributed by atoms with E-state index in [9.17, 15) is 9.90 Å². The van der Waals surface area contributed by atoms with Crippen molar-refractivity contribution in [1.29, 1.82) is 0 Å². The average molecular weight is 330 g/mol. The quantitative estimate of drug-likeness (QED) is 0.840. The van der Waals surface area contributed by atoms with Crippen LogP contribution in [0, 0.1) is 17.3 Å². The average Bonchev–Trinajstić information content (AvgIpc) is 2.59. The Morgan fingerprint density at radius 2 is 1.83 bits per heavy atom.